The normalized spacial score (nSPS) is 10.4. The van der Waals surface area contributed by atoms with Crippen LogP contribution in [-0.4, -0.2) is 24.6 Å². The molecule has 0 aliphatic carbocycles. The average molecular weight is 275 g/mol. The minimum Gasteiger partial charge on any atom is -0.444 e. The Labute approximate surface area is 117 Å². The van der Waals surface area contributed by atoms with E-state index in [2.05, 4.69) is 0 Å². The molecule has 0 amide bonds. The molecule has 0 N–H and O–H groups in total. The summed E-state index contributed by atoms with van der Waals surface area (Å²) in [6.45, 7) is 0.724. The van der Waals surface area contributed by atoms with Crippen LogP contribution >= 0.6 is 0 Å². The largest absolute Gasteiger partial charge is 0.444 e. The molecule has 5 heteroatoms. The number of hydrogen-bond donors (Lipinski definition) is 0. The van der Waals surface area contributed by atoms with Crippen LogP contribution in [0.2, 0.25) is 0 Å². The van der Waals surface area contributed by atoms with Gasteiger partial charge in [-0.2, -0.15) is 0 Å². The van der Waals surface area contributed by atoms with E-state index in [4.69, 9.17) is 14.2 Å². The van der Waals surface area contributed by atoms with Gasteiger partial charge in [-0.1, -0.05) is 30.3 Å². The monoisotopic (exact) mass is 275 g/mol. The van der Waals surface area contributed by atoms with Crippen LogP contribution in [0, 0.1) is 0 Å². The molecule has 1 aromatic carbocycles. The van der Waals surface area contributed by atoms with E-state index in [9.17, 15) is 4.79 Å². The summed E-state index contributed by atoms with van der Waals surface area (Å²) in [4.78, 5) is 12.0. The highest BCUT2D eigenvalue weighted by molar-refractivity contribution is 5.71. The summed E-state index contributed by atoms with van der Waals surface area (Å²) < 4.78 is 16.7. The van der Waals surface area contributed by atoms with Crippen molar-refractivity contribution in [1.82, 2.24) is 4.57 Å². The summed E-state index contributed by atoms with van der Waals surface area (Å²) in [5.74, 6) is 0. The third kappa shape index (κ3) is 3.94. The topological polar surface area (TPSA) is 49.7 Å². The standard InChI is InChI=1S/C15H17NO4/c1-18-12-19-11-14-8-5-9-16(14)15(17)20-10-13-6-3-2-4-7-13/h2-9H,10-12H2,1H3. The second-order valence-electron chi connectivity index (χ2n) is 4.16. The van der Waals surface area contributed by atoms with Crippen molar-refractivity contribution in [2.24, 2.45) is 0 Å². The maximum atomic E-state index is 12.0. The zero-order valence-electron chi connectivity index (χ0n) is 11.3. The SMILES string of the molecule is COCOCc1cccn1C(=O)OCc1ccccc1. The Kier molecular flexibility index (Phi) is 5.34. The van der Waals surface area contributed by atoms with E-state index in [0.29, 0.717) is 6.61 Å². The van der Waals surface area contributed by atoms with Crippen LogP contribution in [0.1, 0.15) is 11.3 Å². The number of rotatable bonds is 6. The molecule has 0 unspecified atom stereocenters. The molecule has 106 valence electrons. The Balaban J connectivity index is 1.90. The van der Waals surface area contributed by atoms with Gasteiger partial charge in [0.05, 0.1) is 12.3 Å². The predicted octanol–water partition coefficient (Wildman–Crippen LogP) is 2.79. The first kappa shape index (κ1) is 14.3. The van der Waals surface area contributed by atoms with Crippen LogP contribution in [-0.2, 0) is 27.4 Å². The lowest BCUT2D eigenvalue weighted by Gasteiger charge is -2.09. The van der Waals surface area contributed by atoms with Crippen molar-refractivity contribution in [1.29, 1.82) is 0 Å². The molecule has 5 nitrogen and oxygen atoms in total. The third-order valence-electron chi connectivity index (χ3n) is 2.69. The van der Waals surface area contributed by atoms with Crippen LogP contribution in [0.3, 0.4) is 0 Å². The van der Waals surface area contributed by atoms with E-state index < -0.39 is 6.09 Å². The van der Waals surface area contributed by atoms with Crippen LogP contribution < -0.4 is 0 Å². The molecule has 0 radical (unpaired) electrons. The molecule has 0 fully saturated rings. The summed E-state index contributed by atoms with van der Waals surface area (Å²) in [6, 6.07) is 13.1. The highest BCUT2D eigenvalue weighted by atomic mass is 16.7. The summed E-state index contributed by atoms with van der Waals surface area (Å²) in [5.41, 5.74) is 1.67. The first-order valence-corrected chi connectivity index (χ1v) is 6.25. The van der Waals surface area contributed by atoms with E-state index in [1.807, 2.05) is 30.3 Å². The van der Waals surface area contributed by atoms with Gasteiger partial charge in [-0.25, -0.2) is 4.79 Å². The Morgan fingerprint density at radius 2 is 1.90 bits per heavy atom. The molecule has 0 aliphatic rings. The minimum atomic E-state index is -0.421. The van der Waals surface area contributed by atoms with Crippen molar-refractivity contribution in [2.75, 3.05) is 13.9 Å². The molecule has 20 heavy (non-hydrogen) atoms. The van der Waals surface area contributed by atoms with Crippen molar-refractivity contribution in [3.63, 3.8) is 0 Å². The lowest BCUT2D eigenvalue weighted by atomic mass is 10.2. The van der Waals surface area contributed by atoms with Crippen LogP contribution in [0.15, 0.2) is 48.7 Å². The molecule has 0 spiro atoms. The maximum absolute atomic E-state index is 12.0. The van der Waals surface area contributed by atoms with E-state index in [0.717, 1.165) is 11.3 Å². The molecular formula is C15H17NO4. The van der Waals surface area contributed by atoms with Gasteiger partial charge in [0, 0.05) is 13.3 Å². The van der Waals surface area contributed by atoms with E-state index >= 15 is 0 Å². The number of hydrogen-bond acceptors (Lipinski definition) is 4. The van der Waals surface area contributed by atoms with Crippen LogP contribution in [0.25, 0.3) is 0 Å². The molecule has 2 aromatic rings. The summed E-state index contributed by atoms with van der Waals surface area (Å²) in [7, 11) is 1.55. The maximum Gasteiger partial charge on any atom is 0.418 e. The molecule has 2 rings (SSSR count). The number of carbonyl (C=O) groups is 1. The van der Waals surface area contributed by atoms with Crippen molar-refractivity contribution >= 4 is 6.09 Å². The molecular weight excluding hydrogens is 258 g/mol. The highest BCUT2D eigenvalue weighted by Crippen LogP contribution is 2.07. The lowest BCUT2D eigenvalue weighted by Crippen LogP contribution is -2.16. The Hall–Kier alpha value is -2.11. The van der Waals surface area contributed by atoms with Gasteiger partial charge in [-0.3, -0.25) is 4.57 Å². The third-order valence-corrected chi connectivity index (χ3v) is 2.69. The number of ether oxygens (including phenoxy) is 3. The van der Waals surface area contributed by atoms with Crippen molar-refractivity contribution in [2.45, 2.75) is 13.2 Å². The first-order valence-electron chi connectivity index (χ1n) is 6.25. The zero-order chi connectivity index (χ0) is 14.2. The highest BCUT2D eigenvalue weighted by Gasteiger charge is 2.10. The fourth-order valence-electron chi connectivity index (χ4n) is 1.73. The predicted molar refractivity (Wildman–Crippen MR) is 73.1 cm³/mol. The summed E-state index contributed by atoms with van der Waals surface area (Å²) >= 11 is 0. The molecule has 1 heterocycles. The van der Waals surface area contributed by atoms with Crippen molar-refractivity contribution in [3.05, 3.63) is 59.9 Å². The Morgan fingerprint density at radius 3 is 2.65 bits per heavy atom. The number of methoxy groups -OCH3 is 1. The van der Waals surface area contributed by atoms with Crippen LogP contribution in [0.4, 0.5) is 4.79 Å². The summed E-state index contributed by atoms with van der Waals surface area (Å²) in [6.07, 6.45) is 1.23. The van der Waals surface area contributed by atoms with Gasteiger partial charge >= 0.3 is 6.09 Å². The van der Waals surface area contributed by atoms with Gasteiger partial charge in [0.25, 0.3) is 0 Å². The van der Waals surface area contributed by atoms with Gasteiger partial charge in [-0.15, -0.1) is 0 Å². The Morgan fingerprint density at radius 1 is 1.10 bits per heavy atom. The molecule has 0 saturated carbocycles. The number of carbonyl (C=O) groups excluding carboxylic acids is 1. The molecule has 0 bridgehead atoms. The van der Waals surface area contributed by atoms with Gasteiger partial charge in [0.15, 0.2) is 0 Å². The van der Waals surface area contributed by atoms with Crippen molar-refractivity contribution < 1.29 is 19.0 Å². The molecule has 1 aromatic heterocycles. The lowest BCUT2D eigenvalue weighted by molar-refractivity contribution is -0.0407. The van der Waals surface area contributed by atoms with Gasteiger partial charge < -0.3 is 14.2 Å². The number of benzene rings is 1. The number of nitrogens with zero attached hydrogens (tertiary/aromatic N) is 1. The first-order chi connectivity index (χ1) is 9.81. The van der Waals surface area contributed by atoms with Crippen molar-refractivity contribution in [3.8, 4) is 0 Å². The smallest absolute Gasteiger partial charge is 0.418 e. The van der Waals surface area contributed by atoms with Crippen LogP contribution in [0.5, 0.6) is 0 Å². The molecule has 0 atom stereocenters. The van der Waals surface area contributed by atoms with Gasteiger partial charge in [0.2, 0.25) is 0 Å². The minimum absolute atomic E-state index is 0.185. The summed E-state index contributed by atoms with van der Waals surface area (Å²) in [5, 5.41) is 0. The zero-order valence-corrected chi connectivity index (χ0v) is 11.3. The Bertz CT molecular complexity index is 536. The fourth-order valence-corrected chi connectivity index (χ4v) is 1.73. The average Bonchev–Trinajstić information content (AvgIpc) is 2.95. The van der Waals surface area contributed by atoms with E-state index in [-0.39, 0.29) is 13.4 Å². The van der Waals surface area contributed by atoms with E-state index in [1.54, 1.807) is 25.4 Å². The number of aromatic nitrogens is 1. The van der Waals surface area contributed by atoms with E-state index in [1.165, 1.54) is 4.57 Å². The second-order valence-corrected chi connectivity index (χ2v) is 4.16. The quantitative estimate of drug-likeness (QED) is 0.601. The molecule has 0 aliphatic heterocycles. The van der Waals surface area contributed by atoms with Gasteiger partial charge in [-0.05, 0) is 17.7 Å². The molecule has 0 saturated heterocycles. The fraction of sp³-hybridized carbons (Fsp3) is 0.267. The van der Waals surface area contributed by atoms with Gasteiger partial charge in [0.1, 0.15) is 13.4 Å². The second kappa shape index (κ2) is 7.47.